The van der Waals surface area contributed by atoms with Crippen LogP contribution in [0.5, 0.6) is 0 Å². The lowest BCUT2D eigenvalue weighted by atomic mass is 10.1. The zero-order chi connectivity index (χ0) is 5.28. The summed E-state index contributed by atoms with van der Waals surface area (Å²) in [7, 11) is 0. The van der Waals surface area contributed by atoms with Gasteiger partial charge in [-0.25, -0.2) is 0 Å². The molecule has 1 heteroatoms. The molecule has 0 bridgehead atoms. The second-order valence-corrected chi connectivity index (χ2v) is 2.33. The maximum absolute atomic E-state index is 9.99. The van der Waals surface area contributed by atoms with Crippen molar-refractivity contribution in [3.8, 4) is 0 Å². The zero-order valence-corrected chi connectivity index (χ0v) is 4.55. The number of carbonyl (C=O) groups is 1. The van der Waals surface area contributed by atoms with E-state index in [4.69, 9.17) is 0 Å². The highest BCUT2D eigenvalue weighted by Crippen LogP contribution is 2.35. The molecule has 0 spiro atoms. The average Bonchev–Trinajstić information content (AvgIpc) is 2.44. The van der Waals surface area contributed by atoms with Crippen molar-refractivity contribution in [1.29, 1.82) is 0 Å². The number of aldehydes is 1. The molecule has 1 aliphatic carbocycles. The lowest BCUT2D eigenvalue weighted by molar-refractivity contribution is -0.111. The molecule has 1 aliphatic rings. The fourth-order valence-corrected chi connectivity index (χ4v) is 0.733. The normalized spacial score (nSPS) is 24.1. The third-order valence-corrected chi connectivity index (χ3v) is 1.58. The fourth-order valence-electron chi connectivity index (χ4n) is 0.733. The zero-order valence-electron chi connectivity index (χ0n) is 4.55. The van der Waals surface area contributed by atoms with E-state index in [9.17, 15) is 4.79 Å². The van der Waals surface area contributed by atoms with E-state index in [2.05, 4.69) is 0 Å². The molecule has 0 aromatic heterocycles. The Balaban J connectivity index is 2.22. The number of hydrogen-bond donors (Lipinski definition) is 0. The predicted molar refractivity (Wildman–Crippen MR) is 28.0 cm³/mol. The van der Waals surface area contributed by atoms with Crippen LogP contribution in [0.25, 0.3) is 0 Å². The molecule has 0 aromatic rings. The van der Waals surface area contributed by atoms with Crippen LogP contribution in [0.1, 0.15) is 19.8 Å². The number of carbonyl (C=O) groups excluding carboxylic acids is 1. The largest absolute Gasteiger partial charge is 0.303 e. The molecule has 7 heavy (non-hydrogen) atoms. The Morgan fingerprint density at radius 2 is 2.29 bits per heavy atom. The Labute approximate surface area is 43.7 Å². The molecule has 1 rings (SSSR count). The molecule has 0 aliphatic heterocycles. The van der Waals surface area contributed by atoms with Crippen LogP contribution in [0.15, 0.2) is 0 Å². The molecular formula is C6H10O. The van der Waals surface area contributed by atoms with Gasteiger partial charge in [0.1, 0.15) is 6.29 Å². The quantitative estimate of drug-likeness (QED) is 0.475. The topological polar surface area (TPSA) is 17.1 Å². The maximum atomic E-state index is 9.99. The van der Waals surface area contributed by atoms with Gasteiger partial charge in [-0.15, -0.1) is 0 Å². The lowest BCUT2D eigenvalue weighted by Gasteiger charge is -1.93. The van der Waals surface area contributed by atoms with Crippen LogP contribution >= 0.6 is 0 Å². The van der Waals surface area contributed by atoms with Crippen LogP contribution in [0.2, 0.25) is 0 Å². The summed E-state index contributed by atoms with van der Waals surface area (Å²) >= 11 is 0. The molecule has 0 amide bonds. The summed E-state index contributed by atoms with van der Waals surface area (Å²) in [5.41, 5.74) is 0. The summed E-state index contributed by atoms with van der Waals surface area (Å²) in [6, 6.07) is 0. The van der Waals surface area contributed by atoms with Crippen molar-refractivity contribution in [3.63, 3.8) is 0 Å². The minimum absolute atomic E-state index is 0.333. The van der Waals surface area contributed by atoms with Crippen molar-refractivity contribution in [2.75, 3.05) is 0 Å². The van der Waals surface area contributed by atoms with Crippen LogP contribution in [0.3, 0.4) is 0 Å². The van der Waals surface area contributed by atoms with Crippen LogP contribution in [0, 0.1) is 11.8 Å². The van der Waals surface area contributed by atoms with Crippen LogP contribution in [-0.2, 0) is 4.79 Å². The van der Waals surface area contributed by atoms with Crippen molar-refractivity contribution in [2.24, 2.45) is 11.8 Å². The maximum Gasteiger partial charge on any atom is 0.123 e. The van der Waals surface area contributed by atoms with E-state index in [1.807, 2.05) is 6.92 Å². The van der Waals surface area contributed by atoms with E-state index in [0.29, 0.717) is 5.92 Å². The third-order valence-electron chi connectivity index (χ3n) is 1.58. The summed E-state index contributed by atoms with van der Waals surface area (Å²) < 4.78 is 0. The van der Waals surface area contributed by atoms with Gasteiger partial charge in [-0.3, -0.25) is 0 Å². The van der Waals surface area contributed by atoms with Crippen molar-refractivity contribution < 1.29 is 4.79 Å². The van der Waals surface area contributed by atoms with Crippen LogP contribution < -0.4 is 0 Å². The minimum atomic E-state index is 0.333. The smallest absolute Gasteiger partial charge is 0.123 e. The van der Waals surface area contributed by atoms with Gasteiger partial charge in [0.2, 0.25) is 0 Å². The molecule has 0 N–H and O–H groups in total. The highest BCUT2D eigenvalue weighted by atomic mass is 16.1. The molecule has 1 nitrogen and oxygen atoms in total. The van der Waals surface area contributed by atoms with Crippen molar-refractivity contribution in [2.45, 2.75) is 19.8 Å². The first-order chi connectivity index (χ1) is 3.34. The second-order valence-electron chi connectivity index (χ2n) is 2.33. The number of rotatable bonds is 2. The van der Waals surface area contributed by atoms with Gasteiger partial charge < -0.3 is 4.79 Å². The van der Waals surface area contributed by atoms with Crippen LogP contribution in [-0.4, -0.2) is 6.29 Å². The first-order valence-corrected chi connectivity index (χ1v) is 2.80. The molecule has 0 saturated heterocycles. The first-order valence-electron chi connectivity index (χ1n) is 2.80. The SMILES string of the molecule is C[C@H](C=O)C1CC1. The summed E-state index contributed by atoms with van der Waals surface area (Å²) in [4.78, 5) is 9.99. The summed E-state index contributed by atoms with van der Waals surface area (Å²) in [6.07, 6.45) is 3.61. The Morgan fingerprint density at radius 3 is 2.43 bits per heavy atom. The molecule has 40 valence electrons. The Bertz CT molecular complexity index is 74.2. The Kier molecular flexibility index (Phi) is 1.13. The highest BCUT2D eigenvalue weighted by molar-refractivity contribution is 5.53. The van der Waals surface area contributed by atoms with E-state index in [1.165, 1.54) is 12.8 Å². The fraction of sp³-hybridized carbons (Fsp3) is 0.833. The molecule has 1 saturated carbocycles. The van der Waals surface area contributed by atoms with E-state index < -0.39 is 0 Å². The standard InChI is InChI=1S/C6H10O/c1-5(4-7)6-2-3-6/h4-6H,2-3H2,1H3/t5-/m1/s1. The van der Waals surface area contributed by atoms with E-state index >= 15 is 0 Å². The third kappa shape index (κ3) is 1.02. The van der Waals surface area contributed by atoms with Crippen molar-refractivity contribution >= 4 is 6.29 Å². The molecule has 1 atom stereocenters. The van der Waals surface area contributed by atoms with Gasteiger partial charge in [-0.2, -0.15) is 0 Å². The van der Waals surface area contributed by atoms with Crippen molar-refractivity contribution in [1.82, 2.24) is 0 Å². The molecule has 0 aromatic carbocycles. The van der Waals surface area contributed by atoms with Crippen molar-refractivity contribution in [3.05, 3.63) is 0 Å². The minimum Gasteiger partial charge on any atom is -0.303 e. The first kappa shape index (κ1) is 4.82. The Morgan fingerprint density at radius 1 is 1.71 bits per heavy atom. The molecule has 0 heterocycles. The van der Waals surface area contributed by atoms with Crippen LogP contribution in [0.4, 0.5) is 0 Å². The molecule has 1 fully saturated rings. The van der Waals surface area contributed by atoms with Gasteiger partial charge in [0, 0.05) is 5.92 Å². The lowest BCUT2D eigenvalue weighted by Crippen LogP contribution is -1.95. The van der Waals surface area contributed by atoms with Gasteiger partial charge in [0.25, 0.3) is 0 Å². The van der Waals surface area contributed by atoms with E-state index in [0.717, 1.165) is 12.2 Å². The summed E-state index contributed by atoms with van der Waals surface area (Å²) in [5, 5.41) is 0. The predicted octanol–water partition coefficient (Wildman–Crippen LogP) is 1.23. The van der Waals surface area contributed by atoms with Gasteiger partial charge in [-0.05, 0) is 18.8 Å². The average molecular weight is 98.1 g/mol. The van der Waals surface area contributed by atoms with Gasteiger partial charge in [0.05, 0.1) is 0 Å². The van der Waals surface area contributed by atoms with E-state index in [1.54, 1.807) is 0 Å². The second kappa shape index (κ2) is 1.65. The Hall–Kier alpha value is -0.330. The highest BCUT2D eigenvalue weighted by Gasteiger charge is 2.26. The number of hydrogen-bond acceptors (Lipinski definition) is 1. The molecule has 0 radical (unpaired) electrons. The van der Waals surface area contributed by atoms with Gasteiger partial charge >= 0.3 is 0 Å². The van der Waals surface area contributed by atoms with Gasteiger partial charge in [-0.1, -0.05) is 6.92 Å². The molecule has 0 unspecified atom stereocenters. The summed E-state index contributed by atoms with van der Waals surface area (Å²) in [5.74, 6) is 1.08. The monoisotopic (exact) mass is 98.1 g/mol. The van der Waals surface area contributed by atoms with Gasteiger partial charge in [0.15, 0.2) is 0 Å². The van der Waals surface area contributed by atoms with E-state index in [-0.39, 0.29) is 0 Å². The summed E-state index contributed by atoms with van der Waals surface area (Å²) in [6.45, 7) is 1.99. The molecular weight excluding hydrogens is 88.1 g/mol.